The summed E-state index contributed by atoms with van der Waals surface area (Å²) in [6.45, 7) is 1.95. The first kappa shape index (κ1) is 13.0. The van der Waals surface area contributed by atoms with Gasteiger partial charge < -0.3 is 16.4 Å². The summed E-state index contributed by atoms with van der Waals surface area (Å²) in [5.41, 5.74) is 5.61. The standard InChI is InChI=1S/C12H17N3O2S/c13-11(17)9-3-6-18-12(9)15-10(16)7-8-1-4-14-5-2-8/h3,6,8,14H,1-2,4-5,7H2,(H2,13,17)(H,15,16). The summed E-state index contributed by atoms with van der Waals surface area (Å²) in [4.78, 5) is 23.0. The van der Waals surface area contributed by atoms with Gasteiger partial charge in [0.25, 0.3) is 5.91 Å². The Morgan fingerprint density at radius 1 is 1.44 bits per heavy atom. The summed E-state index contributed by atoms with van der Waals surface area (Å²) in [7, 11) is 0. The zero-order valence-electron chi connectivity index (χ0n) is 10.1. The van der Waals surface area contributed by atoms with Crippen molar-refractivity contribution in [3.8, 4) is 0 Å². The smallest absolute Gasteiger partial charge is 0.251 e. The maximum Gasteiger partial charge on any atom is 0.251 e. The van der Waals surface area contributed by atoms with Crippen molar-refractivity contribution in [1.82, 2.24) is 5.32 Å². The van der Waals surface area contributed by atoms with E-state index >= 15 is 0 Å². The van der Waals surface area contributed by atoms with Gasteiger partial charge in [-0.2, -0.15) is 0 Å². The third-order valence-corrected chi connectivity index (χ3v) is 3.95. The lowest BCUT2D eigenvalue weighted by atomic mass is 9.94. The van der Waals surface area contributed by atoms with Crippen molar-refractivity contribution in [2.24, 2.45) is 11.7 Å². The van der Waals surface area contributed by atoms with Gasteiger partial charge in [-0.15, -0.1) is 11.3 Å². The summed E-state index contributed by atoms with van der Waals surface area (Å²) in [5.74, 6) is -0.108. The lowest BCUT2D eigenvalue weighted by Crippen LogP contribution is -2.30. The van der Waals surface area contributed by atoms with Gasteiger partial charge in [0, 0.05) is 6.42 Å². The number of carbonyl (C=O) groups is 2. The monoisotopic (exact) mass is 267 g/mol. The molecule has 6 heteroatoms. The zero-order chi connectivity index (χ0) is 13.0. The number of hydrogen-bond donors (Lipinski definition) is 3. The summed E-state index contributed by atoms with van der Waals surface area (Å²) >= 11 is 1.32. The molecule has 1 saturated heterocycles. The number of thiophene rings is 1. The Hall–Kier alpha value is -1.40. The van der Waals surface area contributed by atoms with Gasteiger partial charge in [0.1, 0.15) is 5.00 Å². The number of carbonyl (C=O) groups excluding carboxylic acids is 2. The van der Waals surface area contributed by atoms with Gasteiger partial charge in [0.05, 0.1) is 5.56 Å². The van der Waals surface area contributed by atoms with E-state index in [0.29, 0.717) is 22.9 Å². The van der Waals surface area contributed by atoms with Crippen molar-refractivity contribution in [2.45, 2.75) is 19.3 Å². The SMILES string of the molecule is NC(=O)c1ccsc1NC(=O)CC1CCNCC1. The number of hydrogen-bond acceptors (Lipinski definition) is 4. The second-order valence-corrected chi connectivity index (χ2v) is 5.39. The van der Waals surface area contributed by atoms with E-state index in [2.05, 4.69) is 10.6 Å². The quantitative estimate of drug-likeness (QED) is 0.765. The molecule has 1 aliphatic heterocycles. The van der Waals surface area contributed by atoms with Crippen molar-refractivity contribution < 1.29 is 9.59 Å². The Morgan fingerprint density at radius 3 is 2.83 bits per heavy atom. The number of anilines is 1. The molecule has 0 aliphatic carbocycles. The van der Waals surface area contributed by atoms with E-state index in [9.17, 15) is 9.59 Å². The number of primary amides is 1. The molecule has 18 heavy (non-hydrogen) atoms. The summed E-state index contributed by atoms with van der Waals surface area (Å²) in [5, 5.41) is 8.35. The van der Waals surface area contributed by atoms with E-state index in [4.69, 9.17) is 5.73 Å². The van der Waals surface area contributed by atoms with Gasteiger partial charge in [-0.1, -0.05) is 0 Å². The normalized spacial score (nSPS) is 16.4. The van der Waals surface area contributed by atoms with Crippen LogP contribution in [0.1, 0.15) is 29.6 Å². The van der Waals surface area contributed by atoms with E-state index in [1.807, 2.05) is 0 Å². The van der Waals surface area contributed by atoms with E-state index in [1.54, 1.807) is 11.4 Å². The van der Waals surface area contributed by atoms with Crippen molar-refractivity contribution in [1.29, 1.82) is 0 Å². The van der Waals surface area contributed by atoms with Crippen LogP contribution in [0.2, 0.25) is 0 Å². The lowest BCUT2D eigenvalue weighted by molar-refractivity contribution is -0.117. The molecule has 0 unspecified atom stereocenters. The molecule has 0 saturated carbocycles. The Bertz CT molecular complexity index is 438. The van der Waals surface area contributed by atoms with Gasteiger partial charge in [0.2, 0.25) is 5.91 Å². The van der Waals surface area contributed by atoms with Crippen molar-refractivity contribution >= 4 is 28.2 Å². The second kappa shape index (κ2) is 5.97. The summed E-state index contributed by atoms with van der Waals surface area (Å²) in [6.07, 6.45) is 2.57. The van der Waals surface area contributed by atoms with E-state index < -0.39 is 5.91 Å². The molecule has 0 aromatic carbocycles. The molecule has 2 amide bonds. The molecule has 1 aromatic rings. The molecule has 5 nitrogen and oxygen atoms in total. The second-order valence-electron chi connectivity index (χ2n) is 4.47. The molecule has 98 valence electrons. The number of nitrogens with two attached hydrogens (primary N) is 1. The fraction of sp³-hybridized carbons (Fsp3) is 0.500. The highest BCUT2D eigenvalue weighted by Crippen LogP contribution is 2.24. The third kappa shape index (κ3) is 3.30. The molecule has 2 rings (SSSR count). The number of piperidine rings is 1. The van der Waals surface area contributed by atoms with Crippen LogP contribution in [0.3, 0.4) is 0 Å². The topological polar surface area (TPSA) is 84.2 Å². The average Bonchev–Trinajstić information content (AvgIpc) is 2.78. The molecule has 4 N–H and O–H groups in total. The van der Waals surface area contributed by atoms with Gasteiger partial charge in [-0.3, -0.25) is 9.59 Å². The highest BCUT2D eigenvalue weighted by molar-refractivity contribution is 7.14. The average molecular weight is 267 g/mol. The molecule has 0 bridgehead atoms. The van der Waals surface area contributed by atoms with Crippen LogP contribution in [0, 0.1) is 5.92 Å². The van der Waals surface area contributed by atoms with Crippen molar-refractivity contribution in [3.63, 3.8) is 0 Å². The molecule has 0 atom stereocenters. The molecule has 1 fully saturated rings. The van der Waals surface area contributed by atoms with Gasteiger partial charge in [-0.05, 0) is 43.3 Å². The van der Waals surface area contributed by atoms with Crippen LogP contribution in [0.25, 0.3) is 0 Å². The molecular weight excluding hydrogens is 250 g/mol. The minimum Gasteiger partial charge on any atom is -0.366 e. The Morgan fingerprint density at radius 2 is 2.17 bits per heavy atom. The summed E-state index contributed by atoms with van der Waals surface area (Å²) < 4.78 is 0. The van der Waals surface area contributed by atoms with Crippen LogP contribution < -0.4 is 16.4 Å². The first-order valence-corrected chi connectivity index (χ1v) is 6.92. The molecule has 1 aliphatic rings. The van der Waals surface area contributed by atoms with Crippen LogP contribution >= 0.6 is 11.3 Å². The number of rotatable bonds is 4. The fourth-order valence-corrected chi connectivity index (χ4v) is 2.93. The Labute approximate surface area is 110 Å². The molecule has 0 spiro atoms. The predicted octanol–water partition coefficient (Wildman–Crippen LogP) is 1.18. The van der Waals surface area contributed by atoms with E-state index in [1.165, 1.54) is 11.3 Å². The predicted molar refractivity (Wildman–Crippen MR) is 71.7 cm³/mol. The van der Waals surface area contributed by atoms with Crippen LogP contribution in [0.15, 0.2) is 11.4 Å². The molecule has 0 radical (unpaired) electrons. The largest absolute Gasteiger partial charge is 0.366 e. The fourth-order valence-electron chi connectivity index (χ4n) is 2.13. The van der Waals surface area contributed by atoms with Crippen LogP contribution in [-0.4, -0.2) is 24.9 Å². The highest BCUT2D eigenvalue weighted by Gasteiger charge is 2.18. The first-order valence-electron chi connectivity index (χ1n) is 6.04. The van der Waals surface area contributed by atoms with Crippen LogP contribution in [0.4, 0.5) is 5.00 Å². The first-order chi connectivity index (χ1) is 8.66. The van der Waals surface area contributed by atoms with E-state index in [-0.39, 0.29) is 5.91 Å². The minimum atomic E-state index is -0.506. The highest BCUT2D eigenvalue weighted by atomic mass is 32.1. The van der Waals surface area contributed by atoms with Crippen LogP contribution in [0.5, 0.6) is 0 Å². The van der Waals surface area contributed by atoms with Crippen molar-refractivity contribution in [3.05, 3.63) is 17.0 Å². The third-order valence-electron chi connectivity index (χ3n) is 3.12. The van der Waals surface area contributed by atoms with E-state index in [0.717, 1.165) is 25.9 Å². The molecule has 2 heterocycles. The van der Waals surface area contributed by atoms with Crippen LogP contribution in [-0.2, 0) is 4.79 Å². The van der Waals surface area contributed by atoms with Gasteiger partial charge in [-0.25, -0.2) is 0 Å². The summed E-state index contributed by atoms with van der Waals surface area (Å²) in [6, 6.07) is 1.63. The van der Waals surface area contributed by atoms with Gasteiger partial charge >= 0.3 is 0 Å². The number of amides is 2. The Kier molecular flexibility index (Phi) is 4.33. The van der Waals surface area contributed by atoms with Gasteiger partial charge in [0.15, 0.2) is 0 Å². The Balaban J connectivity index is 1.90. The minimum absolute atomic E-state index is 0.0353. The molecule has 1 aromatic heterocycles. The number of nitrogens with one attached hydrogen (secondary N) is 2. The zero-order valence-corrected chi connectivity index (χ0v) is 10.9. The maximum absolute atomic E-state index is 11.9. The molecular formula is C12H17N3O2S. The van der Waals surface area contributed by atoms with Crippen molar-refractivity contribution in [2.75, 3.05) is 18.4 Å². The lowest BCUT2D eigenvalue weighted by Gasteiger charge is -2.21. The maximum atomic E-state index is 11.9.